The predicted octanol–water partition coefficient (Wildman–Crippen LogP) is 4.11. The van der Waals surface area contributed by atoms with Crippen LogP contribution in [-0.4, -0.2) is 72.7 Å². The molecule has 0 saturated carbocycles. The highest BCUT2D eigenvalue weighted by atomic mass is 31.2. The van der Waals surface area contributed by atoms with Crippen LogP contribution in [0.3, 0.4) is 0 Å². The highest BCUT2D eigenvalue weighted by molar-refractivity contribution is 7.76. The van der Waals surface area contributed by atoms with Gasteiger partial charge in [0.05, 0.1) is 67.9 Å². The van der Waals surface area contributed by atoms with Crippen LogP contribution in [0.15, 0.2) is 0 Å². The first-order valence-electron chi connectivity index (χ1n) is 8.82. The van der Waals surface area contributed by atoms with Crippen LogP contribution in [0.5, 0.6) is 0 Å². The van der Waals surface area contributed by atoms with Crippen LogP contribution < -0.4 is 0 Å². The highest BCUT2D eigenvalue weighted by Crippen LogP contribution is 2.66. The predicted molar refractivity (Wildman–Crippen MR) is 103 cm³/mol. The fourth-order valence-electron chi connectivity index (χ4n) is 3.74. The summed E-state index contributed by atoms with van der Waals surface area (Å²) in [6, 6.07) is 0. The summed E-state index contributed by atoms with van der Waals surface area (Å²) in [7, 11) is -2.03. The Morgan fingerprint density at radius 2 is 0.810 bits per heavy atom. The van der Waals surface area contributed by atoms with Crippen molar-refractivity contribution < 1.29 is 10.2 Å². The molecule has 0 fully saturated rings. The van der Waals surface area contributed by atoms with E-state index in [0.29, 0.717) is 0 Å². The lowest BCUT2D eigenvalue weighted by Crippen LogP contribution is -2.41. The van der Waals surface area contributed by atoms with Crippen LogP contribution in [0, 0.1) is 5.41 Å². The minimum Gasteiger partial charge on any atom is -0.395 e. The molecule has 21 heavy (non-hydrogen) atoms. The summed E-state index contributed by atoms with van der Waals surface area (Å²) in [6.07, 6.45) is 9.65. The number of hydrogen-bond donors (Lipinski definition) is 2. The van der Waals surface area contributed by atoms with Crippen molar-refractivity contribution >= 4 is 14.5 Å². The van der Waals surface area contributed by atoms with Gasteiger partial charge in [-0.1, -0.05) is 0 Å². The van der Waals surface area contributed by atoms with E-state index < -0.39 is 14.5 Å². The first-order chi connectivity index (χ1) is 9.90. The lowest BCUT2D eigenvalue weighted by Gasteiger charge is -2.39. The monoisotopic (exact) mass is 338 g/mol. The van der Waals surface area contributed by atoms with Crippen molar-refractivity contribution in [1.82, 2.24) is 0 Å². The van der Waals surface area contributed by atoms with E-state index in [-0.39, 0.29) is 18.6 Å². The molecule has 2 N–H and O–H groups in total. The standard InChI is InChI=1S/C17H40O2P2/c1-7-20(8-2,9-3)15-17(13-18,14-19)16-21(10-4,11-5)12-6/h18-19H,7-16H2,1-6H3/q+2. The number of hydrogen-bond acceptors (Lipinski definition) is 2. The Morgan fingerprint density at radius 1 is 0.571 bits per heavy atom. The maximum atomic E-state index is 10.2. The largest absolute Gasteiger partial charge is 0.395 e. The second kappa shape index (κ2) is 9.82. The van der Waals surface area contributed by atoms with Crippen LogP contribution in [-0.2, 0) is 0 Å². The summed E-state index contributed by atoms with van der Waals surface area (Å²) < 4.78 is 0. The van der Waals surface area contributed by atoms with Gasteiger partial charge in [-0.2, -0.15) is 0 Å². The molecule has 0 aromatic heterocycles. The second-order valence-electron chi connectivity index (χ2n) is 6.71. The van der Waals surface area contributed by atoms with Crippen molar-refractivity contribution in [3.8, 4) is 0 Å². The molecule has 0 aliphatic heterocycles. The zero-order valence-electron chi connectivity index (χ0n) is 15.4. The normalized spacial score (nSPS) is 13.7. The molecule has 0 aliphatic carbocycles. The van der Waals surface area contributed by atoms with Crippen LogP contribution in [0.1, 0.15) is 41.5 Å². The molecule has 4 heteroatoms. The SMILES string of the molecule is CC[P+](CC)(CC)CC(CO)(CO)C[P+](CC)(CC)CC. The van der Waals surface area contributed by atoms with Gasteiger partial charge in [-0.05, 0) is 41.5 Å². The van der Waals surface area contributed by atoms with E-state index in [9.17, 15) is 10.2 Å². The summed E-state index contributed by atoms with van der Waals surface area (Å²) in [6.45, 7) is 14.2. The van der Waals surface area contributed by atoms with E-state index in [1.165, 1.54) is 37.0 Å². The maximum absolute atomic E-state index is 10.2. The minimum atomic E-state index is -1.01. The molecule has 0 amide bonds. The lowest BCUT2D eigenvalue weighted by atomic mass is 9.96. The molecule has 0 radical (unpaired) electrons. The van der Waals surface area contributed by atoms with Gasteiger partial charge in [0.2, 0.25) is 0 Å². The number of rotatable bonds is 12. The van der Waals surface area contributed by atoms with Crippen LogP contribution in [0.4, 0.5) is 0 Å². The Hall–Kier alpha value is 0.780. The molecular formula is C17H40O2P2+2. The molecule has 0 heterocycles. The van der Waals surface area contributed by atoms with E-state index in [4.69, 9.17) is 0 Å². The van der Waals surface area contributed by atoms with Gasteiger partial charge in [0.15, 0.2) is 0 Å². The number of aliphatic hydroxyl groups excluding tert-OH is 2. The van der Waals surface area contributed by atoms with Crippen molar-refractivity contribution in [3.63, 3.8) is 0 Å². The van der Waals surface area contributed by atoms with E-state index in [1.807, 2.05) is 0 Å². The first kappa shape index (κ1) is 21.8. The Kier molecular flexibility index (Phi) is 10.2. The van der Waals surface area contributed by atoms with Gasteiger partial charge in [0, 0.05) is 14.5 Å². The van der Waals surface area contributed by atoms with Crippen LogP contribution in [0.2, 0.25) is 0 Å². The van der Waals surface area contributed by atoms with Gasteiger partial charge in [-0.15, -0.1) is 0 Å². The van der Waals surface area contributed by atoms with E-state index in [1.54, 1.807) is 0 Å². The first-order valence-corrected chi connectivity index (χ1v) is 13.9. The average molecular weight is 338 g/mol. The van der Waals surface area contributed by atoms with E-state index in [0.717, 1.165) is 12.3 Å². The van der Waals surface area contributed by atoms with Gasteiger partial charge in [0.25, 0.3) is 0 Å². The highest BCUT2D eigenvalue weighted by Gasteiger charge is 2.49. The molecule has 0 aromatic carbocycles. The van der Waals surface area contributed by atoms with Crippen LogP contribution >= 0.6 is 14.5 Å². The van der Waals surface area contributed by atoms with Gasteiger partial charge >= 0.3 is 0 Å². The number of aliphatic hydroxyl groups is 2. The summed E-state index contributed by atoms with van der Waals surface area (Å²) in [4.78, 5) is 0. The summed E-state index contributed by atoms with van der Waals surface area (Å²) in [5, 5.41) is 20.3. The summed E-state index contributed by atoms with van der Waals surface area (Å²) in [5.74, 6) is 0. The average Bonchev–Trinajstić information content (AvgIpc) is 2.57. The van der Waals surface area contributed by atoms with E-state index >= 15 is 0 Å². The second-order valence-corrected chi connectivity index (χ2v) is 16.5. The third kappa shape index (κ3) is 5.42. The molecule has 0 rings (SSSR count). The third-order valence-corrected chi connectivity index (χ3v) is 16.8. The molecular weight excluding hydrogens is 298 g/mol. The zero-order valence-corrected chi connectivity index (χ0v) is 17.1. The quantitative estimate of drug-likeness (QED) is 0.526. The van der Waals surface area contributed by atoms with E-state index in [2.05, 4.69) is 41.5 Å². The fourth-order valence-corrected chi connectivity index (χ4v) is 11.4. The Balaban J connectivity index is 5.42. The summed E-state index contributed by atoms with van der Waals surface area (Å²) in [5.41, 5.74) is -0.231. The minimum absolute atomic E-state index is 0.160. The van der Waals surface area contributed by atoms with Crippen molar-refractivity contribution in [2.24, 2.45) is 5.41 Å². The van der Waals surface area contributed by atoms with Gasteiger partial charge in [-0.3, -0.25) is 0 Å². The molecule has 0 spiro atoms. The molecule has 0 aromatic rings. The molecule has 0 unspecified atom stereocenters. The topological polar surface area (TPSA) is 40.5 Å². The molecule has 0 saturated heterocycles. The van der Waals surface area contributed by atoms with Crippen molar-refractivity contribution in [1.29, 1.82) is 0 Å². The zero-order chi connectivity index (χ0) is 16.6. The van der Waals surface area contributed by atoms with Gasteiger partial charge < -0.3 is 10.2 Å². The van der Waals surface area contributed by atoms with Crippen LogP contribution in [0.25, 0.3) is 0 Å². The molecule has 0 atom stereocenters. The Bertz CT molecular complexity index is 229. The Labute approximate surface area is 134 Å². The Morgan fingerprint density at radius 3 is 0.952 bits per heavy atom. The molecule has 0 bridgehead atoms. The molecule has 128 valence electrons. The van der Waals surface area contributed by atoms with Crippen molar-refractivity contribution in [3.05, 3.63) is 0 Å². The van der Waals surface area contributed by atoms with Gasteiger partial charge in [-0.25, -0.2) is 0 Å². The maximum Gasteiger partial charge on any atom is 0.0834 e. The lowest BCUT2D eigenvalue weighted by molar-refractivity contribution is 0.0906. The summed E-state index contributed by atoms with van der Waals surface area (Å²) >= 11 is 0. The smallest absolute Gasteiger partial charge is 0.0834 e. The van der Waals surface area contributed by atoms with Crippen molar-refractivity contribution in [2.45, 2.75) is 41.5 Å². The molecule has 0 aliphatic rings. The fraction of sp³-hybridized carbons (Fsp3) is 1.00. The molecule has 2 nitrogen and oxygen atoms in total. The third-order valence-electron chi connectivity index (χ3n) is 6.04. The van der Waals surface area contributed by atoms with Crippen molar-refractivity contribution in [2.75, 3.05) is 62.5 Å². The van der Waals surface area contributed by atoms with Gasteiger partial charge in [0.1, 0.15) is 0 Å².